The summed E-state index contributed by atoms with van der Waals surface area (Å²) in [6, 6.07) is 3.52. The van der Waals surface area contributed by atoms with Crippen LogP contribution >= 0.6 is 11.6 Å². The number of nitrogens with zero attached hydrogens (tertiary/aromatic N) is 2. The molecule has 2 aromatic rings. The second-order valence-corrected chi connectivity index (χ2v) is 3.96. The van der Waals surface area contributed by atoms with Crippen molar-refractivity contribution in [2.45, 2.75) is 18.7 Å². The number of alkyl halides is 1. The Bertz CT molecular complexity index is 510. The average Bonchev–Trinajstić information content (AvgIpc) is 2.77. The van der Waals surface area contributed by atoms with Crippen LogP contribution in [-0.4, -0.2) is 10.1 Å². The van der Waals surface area contributed by atoms with Crippen molar-refractivity contribution in [3.63, 3.8) is 0 Å². The molecule has 1 atom stereocenters. The minimum absolute atomic E-state index is 0.199. The zero-order chi connectivity index (χ0) is 12.4. The van der Waals surface area contributed by atoms with E-state index in [4.69, 9.17) is 16.1 Å². The molecule has 2 rings (SSSR count). The van der Waals surface area contributed by atoms with Crippen LogP contribution in [0.1, 0.15) is 24.5 Å². The summed E-state index contributed by atoms with van der Waals surface area (Å²) in [5.41, 5.74) is -0.328. The number of hydrogen-bond acceptors (Lipinski definition) is 3. The summed E-state index contributed by atoms with van der Waals surface area (Å²) in [5.74, 6) is -1.47. The topological polar surface area (TPSA) is 38.9 Å². The molecule has 0 fully saturated rings. The van der Waals surface area contributed by atoms with Crippen LogP contribution in [0.5, 0.6) is 0 Å². The molecule has 17 heavy (non-hydrogen) atoms. The van der Waals surface area contributed by atoms with Crippen LogP contribution in [0.25, 0.3) is 11.5 Å². The third-order valence-electron chi connectivity index (χ3n) is 2.26. The van der Waals surface area contributed by atoms with Crippen molar-refractivity contribution in [1.82, 2.24) is 10.1 Å². The molecule has 0 saturated carbocycles. The summed E-state index contributed by atoms with van der Waals surface area (Å²) < 4.78 is 31.7. The summed E-state index contributed by atoms with van der Waals surface area (Å²) in [6.07, 6.45) is 0.598. The lowest BCUT2D eigenvalue weighted by Gasteiger charge is -1.98. The smallest absolute Gasteiger partial charge is 0.263 e. The molecule has 0 aliphatic carbocycles. The molecule has 1 unspecified atom stereocenters. The van der Waals surface area contributed by atoms with E-state index in [0.29, 0.717) is 6.42 Å². The van der Waals surface area contributed by atoms with E-state index in [0.717, 1.165) is 12.1 Å². The highest BCUT2D eigenvalue weighted by atomic mass is 35.5. The van der Waals surface area contributed by atoms with E-state index in [2.05, 4.69) is 10.1 Å². The Balaban J connectivity index is 2.44. The fourth-order valence-corrected chi connectivity index (χ4v) is 1.44. The summed E-state index contributed by atoms with van der Waals surface area (Å²) in [7, 11) is 0. The van der Waals surface area contributed by atoms with Crippen LogP contribution in [0.2, 0.25) is 0 Å². The Kier molecular flexibility index (Phi) is 3.38. The zero-order valence-corrected chi connectivity index (χ0v) is 9.71. The van der Waals surface area contributed by atoms with Crippen LogP contribution in [0, 0.1) is 11.6 Å². The highest BCUT2D eigenvalue weighted by Crippen LogP contribution is 2.27. The van der Waals surface area contributed by atoms with E-state index in [9.17, 15) is 8.78 Å². The van der Waals surface area contributed by atoms with Crippen molar-refractivity contribution in [2.24, 2.45) is 0 Å². The number of rotatable bonds is 3. The molecule has 0 aliphatic rings. The zero-order valence-electron chi connectivity index (χ0n) is 8.95. The van der Waals surface area contributed by atoms with Gasteiger partial charge in [0, 0.05) is 0 Å². The van der Waals surface area contributed by atoms with Crippen molar-refractivity contribution in [1.29, 1.82) is 0 Å². The van der Waals surface area contributed by atoms with Crippen LogP contribution in [0.15, 0.2) is 22.7 Å². The van der Waals surface area contributed by atoms with Gasteiger partial charge in [-0.2, -0.15) is 4.98 Å². The van der Waals surface area contributed by atoms with E-state index in [1.165, 1.54) is 6.07 Å². The van der Waals surface area contributed by atoms with Gasteiger partial charge in [0.15, 0.2) is 5.82 Å². The Hall–Kier alpha value is -1.49. The maximum absolute atomic E-state index is 13.4. The van der Waals surface area contributed by atoms with Crippen LogP contribution in [-0.2, 0) is 0 Å². The first-order valence-corrected chi connectivity index (χ1v) is 5.49. The largest absolute Gasteiger partial charge is 0.334 e. The molecule has 90 valence electrons. The summed E-state index contributed by atoms with van der Waals surface area (Å²) in [5, 5.41) is 3.17. The number of benzene rings is 1. The van der Waals surface area contributed by atoms with Gasteiger partial charge in [0.1, 0.15) is 17.2 Å². The van der Waals surface area contributed by atoms with E-state index in [1.807, 2.05) is 6.92 Å². The molecule has 1 aromatic heterocycles. The predicted octanol–water partition coefficient (Wildman–Crippen LogP) is 3.70. The third-order valence-corrected chi connectivity index (χ3v) is 2.76. The van der Waals surface area contributed by atoms with Gasteiger partial charge in [-0.05, 0) is 18.6 Å². The van der Waals surface area contributed by atoms with Gasteiger partial charge in [0.05, 0.1) is 5.38 Å². The molecule has 0 N–H and O–H groups in total. The van der Waals surface area contributed by atoms with Gasteiger partial charge in [-0.3, -0.25) is 0 Å². The molecule has 3 nitrogen and oxygen atoms in total. The van der Waals surface area contributed by atoms with E-state index < -0.39 is 17.0 Å². The Morgan fingerprint density at radius 3 is 2.59 bits per heavy atom. The molecule has 1 aromatic carbocycles. The minimum Gasteiger partial charge on any atom is -0.334 e. The Morgan fingerprint density at radius 1 is 1.35 bits per heavy atom. The van der Waals surface area contributed by atoms with Crippen molar-refractivity contribution in [3.05, 3.63) is 35.7 Å². The van der Waals surface area contributed by atoms with Crippen molar-refractivity contribution in [2.75, 3.05) is 0 Å². The molecular formula is C11H9ClF2N2O. The standard InChI is InChI=1S/C11H9ClF2N2O/c1-2-6(12)10-15-11(17-16-10)9-7(13)4-3-5-8(9)14/h3-6H,2H2,1H3. The van der Waals surface area contributed by atoms with Gasteiger partial charge in [-0.15, -0.1) is 11.6 Å². The number of aromatic nitrogens is 2. The molecule has 6 heteroatoms. The molecule has 0 radical (unpaired) electrons. The molecular weight excluding hydrogens is 250 g/mol. The van der Waals surface area contributed by atoms with Gasteiger partial charge >= 0.3 is 0 Å². The van der Waals surface area contributed by atoms with Crippen LogP contribution in [0.3, 0.4) is 0 Å². The normalized spacial score (nSPS) is 12.7. The van der Waals surface area contributed by atoms with Crippen molar-refractivity contribution < 1.29 is 13.3 Å². The van der Waals surface area contributed by atoms with Crippen molar-refractivity contribution in [3.8, 4) is 11.5 Å². The molecule has 0 spiro atoms. The van der Waals surface area contributed by atoms with Crippen molar-refractivity contribution >= 4 is 11.6 Å². The number of hydrogen-bond donors (Lipinski definition) is 0. The van der Waals surface area contributed by atoms with Crippen LogP contribution in [0.4, 0.5) is 8.78 Å². The summed E-state index contributed by atoms with van der Waals surface area (Å²) >= 11 is 5.90. The lowest BCUT2D eigenvalue weighted by molar-refractivity contribution is 0.416. The summed E-state index contributed by atoms with van der Waals surface area (Å²) in [4.78, 5) is 3.88. The van der Waals surface area contributed by atoms with E-state index in [-0.39, 0.29) is 17.3 Å². The SMILES string of the molecule is CCC(Cl)c1noc(-c2c(F)cccc2F)n1. The van der Waals surface area contributed by atoms with E-state index >= 15 is 0 Å². The fourth-order valence-electron chi connectivity index (χ4n) is 1.35. The van der Waals surface area contributed by atoms with Gasteiger partial charge in [-0.25, -0.2) is 8.78 Å². The first-order chi connectivity index (χ1) is 8.13. The maximum Gasteiger partial charge on any atom is 0.263 e. The Morgan fingerprint density at radius 2 is 2.00 bits per heavy atom. The molecule has 0 saturated heterocycles. The fraction of sp³-hybridized carbons (Fsp3) is 0.273. The first-order valence-electron chi connectivity index (χ1n) is 5.05. The lowest BCUT2D eigenvalue weighted by atomic mass is 10.2. The molecule has 1 heterocycles. The quantitative estimate of drug-likeness (QED) is 0.788. The highest BCUT2D eigenvalue weighted by Gasteiger charge is 2.20. The molecule has 0 bridgehead atoms. The van der Waals surface area contributed by atoms with Gasteiger partial charge in [0.2, 0.25) is 0 Å². The highest BCUT2D eigenvalue weighted by molar-refractivity contribution is 6.20. The second-order valence-electron chi connectivity index (χ2n) is 3.43. The second kappa shape index (κ2) is 4.79. The van der Waals surface area contributed by atoms with Crippen LogP contribution < -0.4 is 0 Å². The molecule has 0 amide bonds. The summed E-state index contributed by atoms with van der Waals surface area (Å²) in [6.45, 7) is 1.84. The maximum atomic E-state index is 13.4. The predicted molar refractivity (Wildman–Crippen MR) is 58.5 cm³/mol. The van der Waals surface area contributed by atoms with Gasteiger partial charge in [0.25, 0.3) is 5.89 Å². The Labute approximate surface area is 101 Å². The monoisotopic (exact) mass is 258 g/mol. The third kappa shape index (κ3) is 2.29. The number of halogens is 3. The van der Waals surface area contributed by atoms with E-state index in [1.54, 1.807) is 0 Å². The first kappa shape index (κ1) is 12.0. The van der Waals surface area contributed by atoms with Gasteiger partial charge < -0.3 is 4.52 Å². The average molecular weight is 259 g/mol. The van der Waals surface area contributed by atoms with Gasteiger partial charge in [-0.1, -0.05) is 18.1 Å². The lowest BCUT2D eigenvalue weighted by Crippen LogP contribution is -1.92. The molecule has 0 aliphatic heterocycles. The minimum atomic E-state index is -0.747.